The molecule has 1 aromatic heterocycles. The number of carbonyl (C=O) groups is 1. The van der Waals surface area contributed by atoms with E-state index in [-0.39, 0.29) is 18.0 Å². The Balaban J connectivity index is 1.42. The summed E-state index contributed by atoms with van der Waals surface area (Å²) in [5.74, 6) is 0.842. The third kappa shape index (κ3) is 6.15. The van der Waals surface area contributed by atoms with Crippen LogP contribution in [0.1, 0.15) is 18.4 Å². The molecule has 0 atom stereocenters. The summed E-state index contributed by atoms with van der Waals surface area (Å²) in [6, 6.07) is 10.4. The Morgan fingerprint density at radius 2 is 2.00 bits per heavy atom. The van der Waals surface area contributed by atoms with E-state index in [4.69, 9.17) is 0 Å². The molecule has 30 heavy (non-hydrogen) atoms. The first-order chi connectivity index (χ1) is 14.5. The van der Waals surface area contributed by atoms with Crippen LogP contribution in [0.2, 0.25) is 0 Å². The van der Waals surface area contributed by atoms with Gasteiger partial charge in [-0.05, 0) is 37.7 Å². The summed E-state index contributed by atoms with van der Waals surface area (Å²) in [4.78, 5) is 31.8. The van der Waals surface area contributed by atoms with Crippen molar-refractivity contribution in [1.82, 2.24) is 15.2 Å². The number of likely N-dealkylation sites (N-methyl/N-ethyl adjacent to an activating group) is 1. The molecule has 1 aliphatic rings. The van der Waals surface area contributed by atoms with E-state index in [1.165, 1.54) is 6.07 Å². The summed E-state index contributed by atoms with van der Waals surface area (Å²) >= 11 is 0. The molecule has 1 fully saturated rings. The maximum atomic E-state index is 12.1. The average molecular weight is 412 g/mol. The van der Waals surface area contributed by atoms with Crippen LogP contribution in [0, 0.1) is 10.1 Å². The van der Waals surface area contributed by atoms with E-state index in [9.17, 15) is 14.9 Å². The molecule has 0 aliphatic carbocycles. The van der Waals surface area contributed by atoms with Crippen LogP contribution in [-0.4, -0.2) is 60.5 Å². The van der Waals surface area contributed by atoms with E-state index < -0.39 is 4.92 Å². The van der Waals surface area contributed by atoms with Crippen LogP contribution in [0.4, 0.5) is 17.2 Å². The van der Waals surface area contributed by atoms with Crippen LogP contribution < -0.4 is 15.5 Å². The number of rotatable bonds is 8. The predicted molar refractivity (Wildman–Crippen MR) is 117 cm³/mol. The zero-order valence-corrected chi connectivity index (χ0v) is 17.2. The number of aromatic nitrogens is 1. The summed E-state index contributed by atoms with van der Waals surface area (Å²) in [7, 11) is 2.14. The molecule has 0 saturated carbocycles. The minimum Gasteiger partial charge on any atom is -0.379 e. The number of hydrogen-bond donors (Lipinski definition) is 2. The zero-order chi connectivity index (χ0) is 21.3. The second kappa shape index (κ2) is 10.5. The number of nitro benzene ring substituents is 1. The molecule has 0 unspecified atom stereocenters. The van der Waals surface area contributed by atoms with Crippen molar-refractivity contribution >= 4 is 23.1 Å². The molecule has 0 spiro atoms. The second-order valence-corrected chi connectivity index (χ2v) is 7.40. The van der Waals surface area contributed by atoms with Crippen molar-refractivity contribution in [3.05, 3.63) is 58.3 Å². The summed E-state index contributed by atoms with van der Waals surface area (Å²) in [6.07, 6.45) is 3.14. The Hall–Kier alpha value is -3.20. The molecule has 9 nitrogen and oxygen atoms in total. The van der Waals surface area contributed by atoms with E-state index in [2.05, 4.69) is 32.5 Å². The zero-order valence-electron chi connectivity index (χ0n) is 17.2. The van der Waals surface area contributed by atoms with Gasteiger partial charge in [-0.3, -0.25) is 14.9 Å². The maximum Gasteiger partial charge on any atom is 0.292 e. The Labute approximate surface area is 176 Å². The number of nitrogens with one attached hydrogen (secondary N) is 2. The summed E-state index contributed by atoms with van der Waals surface area (Å²) in [5.41, 5.74) is 1.35. The van der Waals surface area contributed by atoms with Crippen LogP contribution in [0.15, 0.2) is 42.6 Å². The van der Waals surface area contributed by atoms with Gasteiger partial charge in [0.25, 0.3) is 5.69 Å². The highest BCUT2D eigenvalue weighted by Gasteiger charge is 2.14. The first-order valence-electron chi connectivity index (χ1n) is 10.2. The van der Waals surface area contributed by atoms with Crippen molar-refractivity contribution in [2.45, 2.75) is 19.4 Å². The first kappa shape index (κ1) is 21.5. The lowest BCUT2D eigenvalue weighted by Gasteiger charge is -2.21. The minimum absolute atomic E-state index is 0.000117. The van der Waals surface area contributed by atoms with E-state index in [1.54, 1.807) is 24.4 Å². The number of carbonyl (C=O) groups excluding carboxylic acids is 1. The highest BCUT2D eigenvalue weighted by atomic mass is 16.6. The SMILES string of the molecule is CN1CCCN(c2ccc(CNC(=O)CCNc3ccccc3[N+](=O)[O-])cn2)CC1. The van der Waals surface area contributed by atoms with Crippen LogP contribution in [0.5, 0.6) is 0 Å². The normalized spacial score (nSPS) is 14.8. The van der Waals surface area contributed by atoms with E-state index in [1.807, 2.05) is 12.1 Å². The van der Waals surface area contributed by atoms with Crippen LogP contribution >= 0.6 is 0 Å². The topological polar surface area (TPSA) is 104 Å². The van der Waals surface area contributed by atoms with E-state index in [0.717, 1.165) is 44.0 Å². The number of amides is 1. The lowest BCUT2D eigenvalue weighted by molar-refractivity contribution is -0.384. The van der Waals surface area contributed by atoms with Gasteiger partial charge in [0.1, 0.15) is 11.5 Å². The van der Waals surface area contributed by atoms with Crippen molar-refractivity contribution < 1.29 is 9.72 Å². The Morgan fingerprint density at radius 1 is 1.17 bits per heavy atom. The molecule has 2 N–H and O–H groups in total. The molecular weight excluding hydrogens is 384 g/mol. The van der Waals surface area contributed by atoms with Gasteiger partial charge in [0, 0.05) is 51.4 Å². The Bertz CT molecular complexity index is 858. The van der Waals surface area contributed by atoms with Gasteiger partial charge >= 0.3 is 0 Å². The van der Waals surface area contributed by atoms with Crippen LogP contribution in [-0.2, 0) is 11.3 Å². The number of nitrogens with zero attached hydrogens (tertiary/aromatic N) is 4. The average Bonchev–Trinajstić information content (AvgIpc) is 2.97. The predicted octanol–water partition coefficient (Wildman–Crippen LogP) is 2.25. The monoisotopic (exact) mass is 412 g/mol. The van der Waals surface area contributed by atoms with Gasteiger partial charge in [-0.2, -0.15) is 0 Å². The van der Waals surface area contributed by atoms with Crippen molar-refractivity contribution in [3.63, 3.8) is 0 Å². The largest absolute Gasteiger partial charge is 0.379 e. The molecule has 0 radical (unpaired) electrons. The maximum absolute atomic E-state index is 12.1. The third-order valence-electron chi connectivity index (χ3n) is 5.11. The van der Waals surface area contributed by atoms with Gasteiger partial charge in [-0.15, -0.1) is 0 Å². The molecule has 3 rings (SSSR count). The van der Waals surface area contributed by atoms with Crippen molar-refractivity contribution in [3.8, 4) is 0 Å². The molecule has 1 amide bonds. The number of pyridine rings is 1. The minimum atomic E-state index is -0.442. The highest BCUT2D eigenvalue weighted by molar-refractivity contribution is 5.76. The molecule has 0 bridgehead atoms. The molecule has 1 aliphatic heterocycles. The number of anilines is 2. The fraction of sp³-hybridized carbons (Fsp3) is 0.429. The standard InChI is InChI=1S/C21H28N6O3/c1-25-11-4-12-26(14-13-25)20-8-7-17(15-23-20)16-24-21(28)9-10-22-18-5-2-3-6-19(18)27(29)30/h2-3,5-8,15,22H,4,9-14,16H2,1H3,(H,24,28). The van der Waals surface area contributed by atoms with Crippen LogP contribution in [0.3, 0.4) is 0 Å². The van der Waals surface area contributed by atoms with Gasteiger partial charge in [0.15, 0.2) is 0 Å². The molecule has 2 aromatic rings. The Morgan fingerprint density at radius 3 is 2.77 bits per heavy atom. The molecule has 160 valence electrons. The van der Waals surface area contributed by atoms with Crippen molar-refractivity contribution in [2.75, 3.05) is 50.0 Å². The quantitative estimate of drug-likeness (QED) is 0.506. The van der Waals surface area contributed by atoms with E-state index in [0.29, 0.717) is 18.8 Å². The van der Waals surface area contributed by atoms with Gasteiger partial charge in [0.2, 0.25) is 5.91 Å². The van der Waals surface area contributed by atoms with Crippen molar-refractivity contribution in [1.29, 1.82) is 0 Å². The van der Waals surface area contributed by atoms with Gasteiger partial charge in [-0.1, -0.05) is 18.2 Å². The summed E-state index contributed by atoms with van der Waals surface area (Å²) in [5, 5.41) is 16.8. The fourth-order valence-electron chi connectivity index (χ4n) is 3.37. The second-order valence-electron chi connectivity index (χ2n) is 7.40. The van der Waals surface area contributed by atoms with Crippen LogP contribution in [0.25, 0.3) is 0 Å². The van der Waals surface area contributed by atoms with Crippen molar-refractivity contribution in [2.24, 2.45) is 0 Å². The molecular formula is C21H28N6O3. The smallest absolute Gasteiger partial charge is 0.292 e. The van der Waals surface area contributed by atoms with Gasteiger partial charge < -0.3 is 20.4 Å². The summed E-state index contributed by atoms with van der Waals surface area (Å²) in [6.45, 7) is 4.82. The number of benzene rings is 1. The first-order valence-corrected chi connectivity index (χ1v) is 10.2. The number of nitro groups is 1. The number of hydrogen-bond acceptors (Lipinski definition) is 7. The molecule has 9 heteroatoms. The lowest BCUT2D eigenvalue weighted by atomic mass is 10.2. The van der Waals surface area contributed by atoms with E-state index >= 15 is 0 Å². The third-order valence-corrected chi connectivity index (χ3v) is 5.11. The Kier molecular flexibility index (Phi) is 7.56. The highest BCUT2D eigenvalue weighted by Crippen LogP contribution is 2.22. The molecule has 1 saturated heterocycles. The lowest BCUT2D eigenvalue weighted by Crippen LogP contribution is -2.29. The fourth-order valence-corrected chi connectivity index (χ4v) is 3.37. The summed E-state index contributed by atoms with van der Waals surface area (Å²) < 4.78 is 0. The molecule has 1 aromatic carbocycles. The van der Waals surface area contributed by atoms with Gasteiger partial charge in [-0.25, -0.2) is 4.98 Å². The number of para-hydroxylation sites is 2. The molecule has 2 heterocycles. The van der Waals surface area contributed by atoms with Gasteiger partial charge in [0.05, 0.1) is 4.92 Å².